The van der Waals surface area contributed by atoms with Gasteiger partial charge in [0.1, 0.15) is 0 Å². The molecule has 0 aromatic carbocycles. The molecule has 6 nitrogen and oxygen atoms in total. The van der Waals surface area contributed by atoms with E-state index in [0.29, 0.717) is 12.3 Å². The zero-order valence-electron chi connectivity index (χ0n) is 13.3. The predicted octanol–water partition coefficient (Wildman–Crippen LogP) is 3.38. The Morgan fingerprint density at radius 2 is 2.26 bits per heavy atom. The van der Waals surface area contributed by atoms with E-state index < -0.39 is 6.16 Å². The maximum absolute atomic E-state index is 10.4. The van der Waals surface area contributed by atoms with Crippen LogP contribution in [0.4, 0.5) is 4.79 Å². The van der Waals surface area contributed by atoms with Crippen LogP contribution in [0.1, 0.15) is 39.0 Å². The monoisotopic (exact) mass is 437 g/mol. The summed E-state index contributed by atoms with van der Waals surface area (Å²) in [7, 11) is 0. The number of hydrogen-bond donors (Lipinski definition) is 1. The number of alkyl halides is 1. The van der Waals surface area contributed by atoms with Gasteiger partial charge in [0.05, 0.1) is 37.1 Å². The van der Waals surface area contributed by atoms with Crippen LogP contribution in [0.2, 0.25) is 0 Å². The summed E-state index contributed by atoms with van der Waals surface area (Å²) in [5.41, 5.74) is 0. The summed E-state index contributed by atoms with van der Waals surface area (Å²) < 4.78 is 17.9. The van der Waals surface area contributed by atoms with Gasteiger partial charge in [0, 0.05) is 16.3 Å². The van der Waals surface area contributed by atoms with Crippen molar-refractivity contribution in [2.24, 2.45) is 11.8 Å². The first kappa shape index (κ1) is 18.7. The number of rotatable bonds is 7. The maximum Gasteiger partial charge on any atom is 0.505 e. The van der Waals surface area contributed by atoms with Gasteiger partial charge in [-0.1, -0.05) is 22.6 Å². The Kier molecular flexibility index (Phi) is 7.37. The van der Waals surface area contributed by atoms with Crippen LogP contribution in [0.25, 0.3) is 0 Å². The molecule has 0 bridgehead atoms. The molecule has 0 radical (unpaired) electrons. The lowest BCUT2D eigenvalue weighted by Gasteiger charge is -2.34. The van der Waals surface area contributed by atoms with Gasteiger partial charge in [-0.05, 0) is 39.0 Å². The second-order valence-corrected chi connectivity index (χ2v) is 7.23. The number of nitriles is 1. The minimum Gasteiger partial charge on any atom is -0.450 e. The average Bonchev–Trinajstić information content (AvgIpc) is 2.88. The average molecular weight is 437 g/mol. The van der Waals surface area contributed by atoms with E-state index >= 15 is 0 Å². The van der Waals surface area contributed by atoms with Crippen molar-refractivity contribution >= 4 is 28.7 Å². The van der Waals surface area contributed by atoms with Gasteiger partial charge in [-0.15, -0.1) is 0 Å². The van der Waals surface area contributed by atoms with Gasteiger partial charge in [-0.2, -0.15) is 5.26 Å². The smallest absolute Gasteiger partial charge is 0.450 e. The third kappa shape index (κ3) is 5.19. The molecule has 6 atom stereocenters. The highest BCUT2D eigenvalue weighted by atomic mass is 127. The number of carbonyl (C=O) groups is 1. The summed E-state index contributed by atoms with van der Waals surface area (Å²) in [5.74, 6) is 0.339. The zero-order chi connectivity index (χ0) is 16.8. The SMILES string of the molecule is C[C@@H](C#N)CC1CCC2OC(CCCOC(=O)O)C(CI)C2O1. The second-order valence-electron chi connectivity index (χ2n) is 6.35. The summed E-state index contributed by atoms with van der Waals surface area (Å²) in [5, 5.41) is 17.5. The van der Waals surface area contributed by atoms with Crippen molar-refractivity contribution in [3.05, 3.63) is 0 Å². The predicted molar refractivity (Wildman–Crippen MR) is 91.5 cm³/mol. The van der Waals surface area contributed by atoms with Crippen LogP contribution in [0, 0.1) is 23.2 Å². The van der Waals surface area contributed by atoms with Gasteiger partial charge in [0.15, 0.2) is 0 Å². The normalized spacial score (nSPS) is 34.4. The number of ether oxygens (including phenoxy) is 3. The Balaban J connectivity index is 1.85. The molecule has 7 heteroatoms. The number of hydrogen-bond acceptors (Lipinski definition) is 5. The third-order valence-corrected chi connectivity index (χ3v) is 5.63. The Labute approximate surface area is 150 Å². The Hall–Kier alpha value is -0.590. The molecule has 130 valence electrons. The Bertz CT molecular complexity index is 441. The highest BCUT2D eigenvalue weighted by Crippen LogP contribution is 2.40. The molecule has 0 amide bonds. The highest BCUT2D eigenvalue weighted by Gasteiger charge is 2.47. The number of nitrogens with zero attached hydrogens (tertiary/aromatic N) is 1. The van der Waals surface area contributed by atoms with Crippen molar-refractivity contribution in [2.45, 2.75) is 63.4 Å². The van der Waals surface area contributed by atoms with E-state index in [1.807, 2.05) is 6.92 Å². The molecule has 0 aliphatic carbocycles. The van der Waals surface area contributed by atoms with Crippen LogP contribution in [0.5, 0.6) is 0 Å². The standard InChI is InChI=1S/C16H24INO5/c1-10(9-18)7-11-4-5-14-15(22-11)12(8-17)13(23-14)3-2-6-21-16(19)20/h10-15H,2-8H2,1H3,(H,19,20)/t10-,11?,12?,13?,14?,15?/m1/s1. The molecular formula is C16H24INO5. The summed E-state index contributed by atoms with van der Waals surface area (Å²) in [6.07, 6.45) is 3.41. The molecule has 2 rings (SSSR count). The van der Waals surface area contributed by atoms with E-state index in [0.717, 1.165) is 30.1 Å². The molecular weight excluding hydrogens is 413 g/mol. The van der Waals surface area contributed by atoms with Crippen LogP contribution < -0.4 is 0 Å². The van der Waals surface area contributed by atoms with Crippen molar-refractivity contribution < 1.29 is 24.1 Å². The van der Waals surface area contributed by atoms with Gasteiger partial charge in [-0.25, -0.2) is 4.79 Å². The molecule has 2 heterocycles. The van der Waals surface area contributed by atoms with Gasteiger partial charge >= 0.3 is 6.16 Å². The van der Waals surface area contributed by atoms with E-state index in [2.05, 4.69) is 33.4 Å². The van der Waals surface area contributed by atoms with Crippen molar-refractivity contribution in [1.29, 1.82) is 5.26 Å². The topological polar surface area (TPSA) is 88.8 Å². The van der Waals surface area contributed by atoms with Crippen molar-refractivity contribution in [1.82, 2.24) is 0 Å². The van der Waals surface area contributed by atoms with Crippen molar-refractivity contribution in [3.63, 3.8) is 0 Å². The molecule has 23 heavy (non-hydrogen) atoms. The molecule has 2 saturated heterocycles. The summed E-state index contributed by atoms with van der Waals surface area (Å²) in [4.78, 5) is 10.4. The summed E-state index contributed by atoms with van der Waals surface area (Å²) in [6.45, 7) is 2.14. The Morgan fingerprint density at radius 3 is 2.91 bits per heavy atom. The van der Waals surface area contributed by atoms with Crippen LogP contribution in [-0.2, 0) is 14.2 Å². The van der Waals surface area contributed by atoms with E-state index in [-0.39, 0.29) is 36.9 Å². The molecule has 0 spiro atoms. The lowest BCUT2D eigenvalue weighted by molar-refractivity contribution is -0.107. The van der Waals surface area contributed by atoms with E-state index in [1.165, 1.54) is 0 Å². The molecule has 5 unspecified atom stereocenters. The molecule has 2 aliphatic heterocycles. The van der Waals surface area contributed by atoms with Crippen LogP contribution in [-0.4, -0.2) is 46.7 Å². The van der Waals surface area contributed by atoms with Gasteiger partial charge in [0.2, 0.25) is 0 Å². The molecule has 0 saturated carbocycles. The second kappa shape index (κ2) is 9.04. The first-order valence-corrected chi connectivity index (χ1v) is 9.70. The van der Waals surface area contributed by atoms with E-state index in [4.69, 9.17) is 19.8 Å². The molecule has 1 N–H and O–H groups in total. The van der Waals surface area contributed by atoms with E-state index in [9.17, 15) is 4.79 Å². The van der Waals surface area contributed by atoms with Crippen LogP contribution >= 0.6 is 22.6 Å². The van der Waals surface area contributed by atoms with Gasteiger partial charge < -0.3 is 19.3 Å². The first-order chi connectivity index (χ1) is 11.0. The first-order valence-electron chi connectivity index (χ1n) is 8.17. The Morgan fingerprint density at radius 1 is 1.48 bits per heavy atom. The maximum atomic E-state index is 10.4. The van der Waals surface area contributed by atoms with E-state index in [1.54, 1.807) is 0 Å². The van der Waals surface area contributed by atoms with Crippen molar-refractivity contribution in [3.8, 4) is 6.07 Å². The quantitative estimate of drug-likeness (QED) is 0.284. The minimum absolute atomic E-state index is 0.0147. The number of fused-ring (bicyclic) bond motifs is 1. The third-order valence-electron chi connectivity index (χ3n) is 4.61. The molecule has 2 fully saturated rings. The van der Waals surface area contributed by atoms with Gasteiger partial charge in [0.25, 0.3) is 0 Å². The van der Waals surface area contributed by atoms with Crippen LogP contribution in [0.3, 0.4) is 0 Å². The summed E-state index contributed by atoms with van der Waals surface area (Å²) >= 11 is 2.37. The highest BCUT2D eigenvalue weighted by molar-refractivity contribution is 14.1. The summed E-state index contributed by atoms with van der Waals surface area (Å²) in [6, 6.07) is 2.27. The van der Waals surface area contributed by atoms with Gasteiger partial charge in [-0.3, -0.25) is 0 Å². The zero-order valence-corrected chi connectivity index (χ0v) is 15.5. The fraction of sp³-hybridized carbons (Fsp3) is 0.875. The lowest BCUT2D eigenvalue weighted by atomic mass is 9.89. The van der Waals surface area contributed by atoms with Crippen LogP contribution in [0.15, 0.2) is 0 Å². The number of carboxylic acid groups (broad SMARTS) is 1. The molecule has 2 aliphatic rings. The largest absolute Gasteiger partial charge is 0.505 e. The fourth-order valence-electron chi connectivity index (χ4n) is 3.49. The minimum atomic E-state index is -1.23. The fourth-order valence-corrected chi connectivity index (χ4v) is 4.55. The molecule has 0 aromatic rings. The lowest BCUT2D eigenvalue weighted by Crippen LogP contribution is -2.40. The molecule has 0 aromatic heterocycles. The van der Waals surface area contributed by atoms with Crippen molar-refractivity contribution in [2.75, 3.05) is 11.0 Å². The number of halogens is 1.